The van der Waals surface area contributed by atoms with Crippen LogP contribution in [0.4, 0.5) is 17.5 Å². The first kappa shape index (κ1) is 17.5. The highest BCUT2D eigenvalue weighted by atomic mass is 16.5. The number of anilines is 3. The van der Waals surface area contributed by atoms with E-state index >= 15 is 0 Å². The number of hydrogen-bond donors (Lipinski definition) is 1. The predicted octanol–water partition coefficient (Wildman–Crippen LogP) is 2.48. The Balaban J connectivity index is 1.62. The van der Waals surface area contributed by atoms with Crippen molar-refractivity contribution in [3.8, 4) is 0 Å². The van der Waals surface area contributed by atoms with Crippen molar-refractivity contribution < 1.29 is 4.74 Å². The van der Waals surface area contributed by atoms with Crippen LogP contribution in [-0.2, 0) is 4.74 Å². The number of methoxy groups -OCH3 is 1. The maximum Gasteiger partial charge on any atom is 0.224 e. The lowest BCUT2D eigenvalue weighted by molar-refractivity contribution is 0.210. The van der Waals surface area contributed by atoms with Crippen LogP contribution in [0.5, 0.6) is 0 Å². The van der Waals surface area contributed by atoms with E-state index in [4.69, 9.17) is 4.74 Å². The van der Waals surface area contributed by atoms with Gasteiger partial charge >= 0.3 is 0 Å². The van der Waals surface area contributed by atoms with E-state index in [0.717, 1.165) is 32.0 Å². The minimum atomic E-state index is 0.641. The number of ether oxygens (including phenoxy) is 1. The Kier molecular flexibility index (Phi) is 5.71. The van der Waals surface area contributed by atoms with Crippen LogP contribution in [0.3, 0.4) is 0 Å². The molecule has 25 heavy (non-hydrogen) atoms. The Morgan fingerprint density at radius 2 is 1.84 bits per heavy atom. The number of aromatic nitrogens is 2. The van der Waals surface area contributed by atoms with Crippen molar-refractivity contribution >= 4 is 17.5 Å². The molecule has 1 aromatic heterocycles. The van der Waals surface area contributed by atoms with Gasteiger partial charge in [-0.1, -0.05) is 12.1 Å². The van der Waals surface area contributed by atoms with Gasteiger partial charge in [0.15, 0.2) is 0 Å². The van der Waals surface area contributed by atoms with Crippen LogP contribution in [0, 0.1) is 13.8 Å². The van der Waals surface area contributed by atoms with Crippen molar-refractivity contribution in [3.63, 3.8) is 0 Å². The predicted molar refractivity (Wildman–Crippen MR) is 103 cm³/mol. The second kappa shape index (κ2) is 8.16. The van der Waals surface area contributed by atoms with Crippen molar-refractivity contribution in [3.05, 3.63) is 41.6 Å². The summed E-state index contributed by atoms with van der Waals surface area (Å²) in [5, 5.41) is 3.19. The largest absolute Gasteiger partial charge is 0.383 e. The Hall–Kier alpha value is -2.34. The summed E-state index contributed by atoms with van der Waals surface area (Å²) < 4.78 is 5.05. The van der Waals surface area contributed by atoms with E-state index in [1.165, 1.54) is 16.8 Å². The number of hydrogen-bond acceptors (Lipinski definition) is 6. The molecule has 1 saturated heterocycles. The zero-order valence-corrected chi connectivity index (χ0v) is 15.3. The molecule has 0 amide bonds. The molecule has 134 valence electrons. The van der Waals surface area contributed by atoms with Gasteiger partial charge in [0.25, 0.3) is 0 Å². The van der Waals surface area contributed by atoms with Gasteiger partial charge in [0, 0.05) is 51.7 Å². The van der Waals surface area contributed by atoms with Crippen LogP contribution < -0.4 is 15.1 Å². The first-order chi connectivity index (χ1) is 12.2. The second-order valence-electron chi connectivity index (χ2n) is 6.35. The zero-order valence-electron chi connectivity index (χ0n) is 15.3. The molecule has 2 aromatic rings. The topological polar surface area (TPSA) is 53.5 Å². The molecule has 0 aliphatic carbocycles. The van der Waals surface area contributed by atoms with Crippen molar-refractivity contribution in [1.82, 2.24) is 9.97 Å². The Bertz CT molecular complexity index is 698. The number of nitrogens with one attached hydrogen (secondary N) is 1. The fraction of sp³-hybridized carbons (Fsp3) is 0.474. The lowest BCUT2D eigenvalue weighted by atomic mass is 10.1. The molecule has 0 atom stereocenters. The standard InChI is InChI=1S/C19H27N5O/c1-15-5-4-6-17(16(15)2)23-10-12-24(13-11-23)18-7-8-20-19(22-18)21-9-14-25-3/h4-8H,9-14H2,1-3H3,(H,20,21,22). The van der Waals surface area contributed by atoms with Crippen molar-refractivity contribution in [2.45, 2.75) is 13.8 Å². The number of nitrogens with zero attached hydrogens (tertiary/aromatic N) is 4. The third-order valence-corrected chi connectivity index (χ3v) is 4.75. The maximum absolute atomic E-state index is 5.05. The molecule has 1 N–H and O–H groups in total. The molecule has 1 fully saturated rings. The molecule has 0 bridgehead atoms. The summed E-state index contributed by atoms with van der Waals surface area (Å²) in [5.41, 5.74) is 4.08. The molecular weight excluding hydrogens is 314 g/mol. The van der Waals surface area contributed by atoms with Crippen LogP contribution in [-0.4, -0.2) is 56.4 Å². The van der Waals surface area contributed by atoms with E-state index in [-0.39, 0.29) is 0 Å². The smallest absolute Gasteiger partial charge is 0.224 e. The summed E-state index contributed by atoms with van der Waals surface area (Å²) in [5.74, 6) is 1.64. The van der Waals surface area contributed by atoms with Gasteiger partial charge < -0.3 is 19.9 Å². The van der Waals surface area contributed by atoms with Crippen LogP contribution in [0.15, 0.2) is 30.5 Å². The van der Waals surface area contributed by atoms with E-state index in [1.807, 2.05) is 12.3 Å². The second-order valence-corrected chi connectivity index (χ2v) is 6.35. The Labute approximate surface area is 149 Å². The highest BCUT2D eigenvalue weighted by Crippen LogP contribution is 2.25. The molecular formula is C19H27N5O. The van der Waals surface area contributed by atoms with Crippen molar-refractivity contribution in [1.29, 1.82) is 0 Å². The zero-order chi connectivity index (χ0) is 17.6. The van der Waals surface area contributed by atoms with E-state index in [0.29, 0.717) is 19.1 Å². The normalized spacial score (nSPS) is 14.7. The lowest BCUT2D eigenvalue weighted by Crippen LogP contribution is -2.47. The third kappa shape index (κ3) is 4.20. The first-order valence-electron chi connectivity index (χ1n) is 8.81. The number of aryl methyl sites for hydroxylation is 1. The quantitative estimate of drug-likeness (QED) is 0.815. The summed E-state index contributed by atoms with van der Waals surface area (Å²) in [6, 6.07) is 8.52. The van der Waals surface area contributed by atoms with Gasteiger partial charge in [-0.25, -0.2) is 4.98 Å². The molecule has 1 aliphatic rings. The van der Waals surface area contributed by atoms with Gasteiger partial charge in [0.2, 0.25) is 5.95 Å². The molecule has 0 radical (unpaired) electrons. The molecule has 2 heterocycles. The number of piperazine rings is 1. The lowest BCUT2D eigenvalue weighted by Gasteiger charge is -2.37. The average molecular weight is 341 g/mol. The highest BCUT2D eigenvalue weighted by Gasteiger charge is 2.20. The Morgan fingerprint density at radius 3 is 2.60 bits per heavy atom. The van der Waals surface area contributed by atoms with Gasteiger partial charge in [-0.3, -0.25) is 0 Å². The molecule has 1 aromatic carbocycles. The maximum atomic E-state index is 5.05. The molecule has 0 saturated carbocycles. The van der Waals surface area contributed by atoms with Crippen molar-refractivity contribution in [2.75, 3.05) is 61.6 Å². The monoisotopic (exact) mass is 341 g/mol. The van der Waals surface area contributed by atoms with E-state index in [9.17, 15) is 0 Å². The molecule has 3 rings (SSSR count). The fourth-order valence-electron chi connectivity index (χ4n) is 3.13. The molecule has 0 spiro atoms. The highest BCUT2D eigenvalue weighted by molar-refractivity contribution is 5.57. The van der Waals surface area contributed by atoms with Gasteiger partial charge in [-0.15, -0.1) is 0 Å². The van der Waals surface area contributed by atoms with E-state index in [2.05, 4.69) is 57.1 Å². The summed E-state index contributed by atoms with van der Waals surface area (Å²) in [7, 11) is 1.69. The first-order valence-corrected chi connectivity index (χ1v) is 8.81. The molecule has 1 aliphatic heterocycles. The van der Waals surface area contributed by atoms with Crippen LogP contribution in [0.1, 0.15) is 11.1 Å². The molecule has 0 unspecified atom stereocenters. The van der Waals surface area contributed by atoms with Crippen LogP contribution in [0.25, 0.3) is 0 Å². The summed E-state index contributed by atoms with van der Waals surface area (Å²) in [6.45, 7) is 9.65. The van der Waals surface area contributed by atoms with Gasteiger partial charge in [-0.05, 0) is 37.1 Å². The van der Waals surface area contributed by atoms with Gasteiger partial charge in [0.1, 0.15) is 5.82 Å². The van der Waals surface area contributed by atoms with Crippen LogP contribution >= 0.6 is 0 Å². The fourth-order valence-corrected chi connectivity index (χ4v) is 3.13. The molecule has 6 heteroatoms. The average Bonchev–Trinajstić information content (AvgIpc) is 2.65. The van der Waals surface area contributed by atoms with E-state index < -0.39 is 0 Å². The minimum Gasteiger partial charge on any atom is -0.383 e. The van der Waals surface area contributed by atoms with Crippen LogP contribution in [0.2, 0.25) is 0 Å². The SMILES string of the molecule is COCCNc1nccc(N2CCN(c3cccc(C)c3C)CC2)n1. The van der Waals surface area contributed by atoms with Gasteiger partial charge in [-0.2, -0.15) is 4.98 Å². The van der Waals surface area contributed by atoms with Crippen molar-refractivity contribution in [2.24, 2.45) is 0 Å². The minimum absolute atomic E-state index is 0.641. The third-order valence-electron chi connectivity index (χ3n) is 4.75. The van der Waals surface area contributed by atoms with E-state index in [1.54, 1.807) is 7.11 Å². The Morgan fingerprint density at radius 1 is 1.08 bits per heavy atom. The summed E-state index contributed by atoms with van der Waals surface area (Å²) in [6.07, 6.45) is 1.81. The summed E-state index contributed by atoms with van der Waals surface area (Å²) in [4.78, 5) is 13.7. The number of benzene rings is 1. The number of rotatable bonds is 6. The molecule has 6 nitrogen and oxygen atoms in total. The summed E-state index contributed by atoms with van der Waals surface area (Å²) >= 11 is 0. The van der Waals surface area contributed by atoms with Gasteiger partial charge in [0.05, 0.1) is 6.61 Å².